The SMILES string of the molecule is CNC(=O)C(c1ccc2c(c1)NC(=O)C2)[C@H](CN1CC[C@H](F)C1)c1cccc(OCC(=O)NS(C)(=O)=O)c1. The van der Waals surface area contributed by atoms with Crippen molar-refractivity contribution >= 4 is 33.4 Å². The number of hydrogen-bond acceptors (Lipinski definition) is 7. The van der Waals surface area contributed by atoms with E-state index < -0.39 is 40.5 Å². The average Bonchev–Trinajstić information content (AvgIpc) is 3.44. The summed E-state index contributed by atoms with van der Waals surface area (Å²) in [5.41, 5.74) is 2.95. The fourth-order valence-electron chi connectivity index (χ4n) is 5.00. The van der Waals surface area contributed by atoms with Crippen molar-refractivity contribution in [3.63, 3.8) is 0 Å². The fourth-order valence-corrected chi connectivity index (χ4v) is 5.47. The van der Waals surface area contributed by atoms with Crippen LogP contribution in [0.25, 0.3) is 0 Å². The van der Waals surface area contributed by atoms with Crippen LogP contribution in [-0.2, 0) is 30.8 Å². The van der Waals surface area contributed by atoms with E-state index >= 15 is 0 Å². The predicted molar refractivity (Wildman–Crippen MR) is 139 cm³/mol. The number of benzene rings is 2. The molecule has 204 valence electrons. The third-order valence-corrected chi connectivity index (χ3v) is 7.27. The summed E-state index contributed by atoms with van der Waals surface area (Å²) in [5.74, 6) is -1.95. The molecular weight excluding hydrogens is 515 g/mol. The molecule has 3 N–H and O–H groups in total. The van der Waals surface area contributed by atoms with Gasteiger partial charge in [-0.1, -0.05) is 24.3 Å². The van der Waals surface area contributed by atoms with E-state index in [0.717, 1.165) is 17.4 Å². The number of amides is 3. The van der Waals surface area contributed by atoms with Crippen LogP contribution in [0.15, 0.2) is 42.5 Å². The quantitative estimate of drug-likeness (QED) is 0.409. The van der Waals surface area contributed by atoms with Crippen LogP contribution >= 0.6 is 0 Å². The minimum Gasteiger partial charge on any atom is -0.484 e. The van der Waals surface area contributed by atoms with Crippen LogP contribution in [0.1, 0.15) is 34.9 Å². The number of fused-ring (bicyclic) bond motifs is 1. The van der Waals surface area contributed by atoms with E-state index in [2.05, 4.69) is 10.6 Å². The summed E-state index contributed by atoms with van der Waals surface area (Å²) < 4.78 is 44.0. The molecule has 0 aromatic heterocycles. The Bertz CT molecular complexity index is 1330. The van der Waals surface area contributed by atoms with Gasteiger partial charge in [-0.25, -0.2) is 12.8 Å². The van der Waals surface area contributed by atoms with Gasteiger partial charge in [0, 0.05) is 38.3 Å². The predicted octanol–water partition coefficient (Wildman–Crippen LogP) is 1.29. The number of carbonyl (C=O) groups excluding carboxylic acids is 3. The van der Waals surface area contributed by atoms with Gasteiger partial charge < -0.3 is 15.4 Å². The number of anilines is 1. The largest absolute Gasteiger partial charge is 0.484 e. The van der Waals surface area contributed by atoms with E-state index in [0.29, 0.717) is 36.5 Å². The Hall–Kier alpha value is -3.51. The average molecular weight is 547 g/mol. The number of likely N-dealkylation sites (tertiary alicyclic amines) is 1. The van der Waals surface area contributed by atoms with Crippen molar-refractivity contribution in [2.75, 3.05) is 44.9 Å². The molecule has 1 fully saturated rings. The van der Waals surface area contributed by atoms with Gasteiger partial charge in [-0.15, -0.1) is 0 Å². The molecule has 12 heteroatoms. The van der Waals surface area contributed by atoms with Crippen molar-refractivity contribution in [2.24, 2.45) is 0 Å². The Kier molecular flexibility index (Phi) is 8.32. The van der Waals surface area contributed by atoms with Crippen molar-refractivity contribution in [1.82, 2.24) is 14.9 Å². The molecule has 2 aliphatic heterocycles. The number of rotatable bonds is 10. The van der Waals surface area contributed by atoms with Crippen molar-refractivity contribution < 1.29 is 31.9 Å². The fraction of sp³-hybridized carbons (Fsp3) is 0.423. The van der Waals surface area contributed by atoms with E-state index in [9.17, 15) is 27.2 Å². The van der Waals surface area contributed by atoms with Gasteiger partial charge in [0.15, 0.2) is 6.61 Å². The number of ether oxygens (including phenoxy) is 1. The number of nitrogens with one attached hydrogen (secondary N) is 3. The molecule has 2 aromatic carbocycles. The van der Waals surface area contributed by atoms with E-state index in [1.807, 2.05) is 33.9 Å². The van der Waals surface area contributed by atoms with Gasteiger partial charge in [-0.05, 0) is 41.3 Å². The van der Waals surface area contributed by atoms with Gasteiger partial charge in [0.25, 0.3) is 5.91 Å². The van der Waals surface area contributed by atoms with E-state index in [-0.39, 0.29) is 24.8 Å². The molecule has 2 aliphatic rings. The van der Waals surface area contributed by atoms with Gasteiger partial charge in [0.2, 0.25) is 21.8 Å². The molecular formula is C26H31FN4O6S. The molecule has 38 heavy (non-hydrogen) atoms. The maximum absolute atomic E-state index is 14.1. The Labute approximate surface area is 221 Å². The molecule has 2 aromatic rings. The number of sulfonamides is 1. The zero-order valence-electron chi connectivity index (χ0n) is 21.2. The Morgan fingerprint density at radius 3 is 2.68 bits per heavy atom. The van der Waals surface area contributed by atoms with E-state index in [1.54, 1.807) is 25.2 Å². The third kappa shape index (κ3) is 6.87. The molecule has 3 atom stereocenters. The minimum atomic E-state index is -3.72. The molecule has 0 saturated carbocycles. The highest BCUT2D eigenvalue weighted by atomic mass is 32.2. The topological polar surface area (TPSA) is 134 Å². The molecule has 10 nitrogen and oxygen atoms in total. The number of carbonyl (C=O) groups is 3. The standard InChI is InChI=1S/C26H31FN4O6S/c1-28-26(34)25(18-7-6-17-12-23(32)29-22(17)11-18)21(14-31-9-8-19(27)13-31)16-4-3-5-20(10-16)37-15-24(33)30-38(2,35)36/h3-7,10-11,19,21,25H,8-9,12-15H2,1-2H3,(H,28,34)(H,29,32)(H,30,33)/t19-,21+,25?/m0/s1. The second-order valence-electron chi connectivity index (χ2n) is 9.64. The summed E-state index contributed by atoms with van der Waals surface area (Å²) in [6, 6.07) is 12.4. The Balaban J connectivity index is 1.67. The highest BCUT2D eigenvalue weighted by Crippen LogP contribution is 2.38. The highest BCUT2D eigenvalue weighted by Gasteiger charge is 2.35. The van der Waals surface area contributed by atoms with Crippen LogP contribution in [0.5, 0.6) is 5.75 Å². The zero-order chi connectivity index (χ0) is 27.4. The lowest BCUT2D eigenvalue weighted by molar-refractivity contribution is -0.123. The van der Waals surface area contributed by atoms with E-state index in [4.69, 9.17) is 4.74 Å². The summed E-state index contributed by atoms with van der Waals surface area (Å²) in [6.45, 7) is 0.694. The second-order valence-corrected chi connectivity index (χ2v) is 11.4. The summed E-state index contributed by atoms with van der Waals surface area (Å²) in [4.78, 5) is 39.1. The Morgan fingerprint density at radius 1 is 1.21 bits per heavy atom. The summed E-state index contributed by atoms with van der Waals surface area (Å²) in [5, 5.41) is 5.57. The molecule has 0 radical (unpaired) electrons. The molecule has 0 bridgehead atoms. The van der Waals surface area contributed by atoms with Gasteiger partial charge in [0.1, 0.15) is 11.9 Å². The summed E-state index contributed by atoms with van der Waals surface area (Å²) in [6.07, 6.45) is 0.634. The van der Waals surface area contributed by atoms with Crippen molar-refractivity contribution in [1.29, 1.82) is 0 Å². The minimum absolute atomic E-state index is 0.110. The summed E-state index contributed by atoms with van der Waals surface area (Å²) in [7, 11) is -2.17. The monoisotopic (exact) mass is 546 g/mol. The van der Waals surface area contributed by atoms with Crippen LogP contribution in [0.2, 0.25) is 0 Å². The third-order valence-electron chi connectivity index (χ3n) is 6.67. The first-order valence-corrected chi connectivity index (χ1v) is 14.2. The smallest absolute Gasteiger partial charge is 0.271 e. The first-order chi connectivity index (χ1) is 18.0. The lowest BCUT2D eigenvalue weighted by Crippen LogP contribution is -2.36. The van der Waals surface area contributed by atoms with Gasteiger partial charge in [-0.2, -0.15) is 0 Å². The summed E-state index contributed by atoms with van der Waals surface area (Å²) >= 11 is 0. The first kappa shape index (κ1) is 27.5. The lowest BCUT2D eigenvalue weighted by atomic mass is 9.79. The normalized spacial score (nSPS) is 18.8. The number of nitrogens with zero attached hydrogens (tertiary/aromatic N) is 1. The maximum atomic E-state index is 14.1. The van der Waals surface area contributed by atoms with Gasteiger partial charge in [0.05, 0.1) is 18.6 Å². The van der Waals surface area contributed by atoms with Crippen LogP contribution < -0.4 is 20.1 Å². The van der Waals surface area contributed by atoms with E-state index in [1.165, 1.54) is 0 Å². The van der Waals surface area contributed by atoms with Gasteiger partial charge >= 0.3 is 0 Å². The highest BCUT2D eigenvalue weighted by molar-refractivity contribution is 7.89. The molecule has 1 unspecified atom stereocenters. The molecule has 2 heterocycles. The maximum Gasteiger partial charge on any atom is 0.271 e. The molecule has 0 aliphatic carbocycles. The molecule has 4 rings (SSSR count). The second kappa shape index (κ2) is 11.5. The van der Waals surface area contributed by atoms with Gasteiger partial charge in [-0.3, -0.25) is 24.0 Å². The van der Waals surface area contributed by atoms with Crippen LogP contribution in [-0.4, -0.2) is 76.8 Å². The zero-order valence-corrected chi connectivity index (χ0v) is 22.0. The number of likely N-dealkylation sites (N-methyl/N-ethyl adjacent to an activating group) is 1. The van der Waals surface area contributed by atoms with Crippen molar-refractivity contribution in [3.05, 3.63) is 59.2 Å². The number of halogens is 1. The first-order valence-electron chi connectivity index (χ1n) is 12.3. The van der Waals surface area contributed by atoms with Crippen LogP contribution in [0.3, 0.4) is 0 Å². The number of alkyl halides is 1. The number of hydrogen-bond donors (Lipinski definition) is 3. The molecule has 0 spiro atoms. The molecule has 3 amide bonds. The lowest BCUT2D eigenvalue weighted by Gasteiger charge is -2.31. The molecule has 1 saturated heterocycles. The van der Waals surface area contributed by atoms with Crippen molar-refractivity contribution in [2.45, 2.75) is 30.8 Å². The van der Waals surface area contributed by atoms with Crippen molar-refractivity contribution in [3.8, 4) is 5.75 Å². The Morgan fingerprint density at radius 2 is 2.00 bits per heavy atom. The van der Waals surface area contributed by atoms with Crippen LogP contribution in [0.4, 0.5) is 10.1 Å². The van der Waals surface area contributed by atoms with Crippen LogP contribution in [0, 0.1) is 0 Å².